The molecule has 2 heterocycles. The summed E-state index contributed by atoms with van der Waals surface area (Å²) in [5, 5.41) is 0. The van der Waals surface area contributed by atoms with E-state index in [0.717, 1.165) is 35.5 Å². The maximum absolute atomic E-state index is 4.87. The average Bonchev–Trinajstić information content (AvgIpc) is 2.74. The van der Waals surface area contributed by atoms with E-state index < -0.39 is 0 Å². The minimum atomic E-state index is 0.892. The van der Waals surface area contributed by atoms with Gasteiger partial charge in [-0.25, -0.2) is 0 Å². The zero-order valence-corrected chi connectivity index (χ0v) is 14.5. The summed E-state index contributed by atoms with van der Waals surface area (Å²) >= 11 is 0. The lowest BCUT2D eigenvalue weighted by Gasteiger charge is -2.07. The predicted molar refractivity (Wildman–Crippen MR) is 107 cm³/mol. The fraction of sp³-hybridized carbons (Fsp3) is 0.0833. The molecular weight excluding hydrogens is 316 g/mol. The molecule has 0 N–H and O–H groups in total. The number of rotatable bonds is 5. The molecule has 2 heteroatoms. The Balaban J connectivity index is 1.57. The molecule has 0 radical (unpaired) electrons. The summed E-state index contributed by atoms with van der Waals surface area (Å²) in [5.74, 6) is 0. The number of aromatic nitrogens is 2. The molecule has 26 heavy (non-hydrogen) atoms. The number of aryl methyl sites for hydroxylation is 2. The fourth-order valence-corrected chi connectivity index (χ4v) is 3.07. The third-order valence-electron chi connectivity index (χ3n) is 4.44. The van der Waals surface area contributed by atoms with Gasteiger partial charge in [-0.2, -0.15) is 0 Å². The lowest BCUT2D eigenvalue weighted by atomic mass is 10.0. The van der Waals surface area contributed by atoms with Gasteiger partial charge in [0.1, 0.15) is 0 Å². The van der Waals surface area contributed by atoms with E-state index in [0.29, 0.717) is 0 Å². The highest BCUT2D eigenvalue weighted by atomic mass is 14.7. The third kappa shape index (κ3) is 3.86. The minimum Gasteiger partial charge on any atom is -0.261 e. The van der Waals surface area contributed by atoms with Crippen LogP contribution in [0.3, 0.4) is 0 Å². The molecule has 0 unspecified atom stereocenters. The minimum absolute atomic E-state index is 0.892. The molecule has 2 aromatic carbocycles. The maximum atomic E-state index is 4.87. The Hall–Kier alpha value is -3.26. The van der Waals surface area contributed by atoms with E-state index >= 15 is 0 Å². The van der Waals surface area contributed by atoms with Crippen molar-refractivity contribution in [2.45, 2.75) is 12.8 Å². The number of benzene rings is 2. The highest BCUT2D eigenvalue weighted by Crippen LogP contribution is 2.25. The Kier molecular flexibility index (Phi) is 4.83. The largest absolute Gasteiger partial charge is 0.261 e. The molecule has 0 saturated heterocycles. The molecule has 0 fully saturated rings. The van der Waals surface area contributed by atoms with Crippen molar-refractivity contribution in [3.63, 3.8) is 0 Å². The summed E-state index contributed by atoms with van der Waals surface area (Å²) in [6.45, 7) is 0. The van der Waals surface area contributed by atoms with E-state index in [-0.39, 0.29) is 0 Å². The first-order valence-electron chi connectivity index (χ1n) is 8.90. The second-order valence-corrected chi connectivity index (χ2v) is 6.28. The molecule has 0 amide bonds. The molecule has 0 aliphatic rings. The van der Waals surface area contributed by atoms with Gasteiger partial charge in [0.25, 0.3) is 0 Å². The molecular formula is C24H20N2. The first-order chi connectivity index (χ1) is 12.9. The molecule has 0 aliphatic carbocycles. The van der Waals surface area contributed by atoms with Crippen molar-refractivity contribution in [3.8, 4) is 22.4 Å². The van der Waals surface area contributed by atoms with Crippen LogP contribution in [0.5, 0.6) is 0 Å². The van der Waals surface area contributed by atoms with Crippen molar-refractivity contribution in [1.82, 2.24) is 9.97 Å². The summed E-state index contributed by atoms with van der Waals surface area (Å²) in [5.41, 5.74) is 6.79. The van der Waals surface area contributed by atoms with Gasteiger partial charge in [0, 0.05) is 23.1 Å². The van der Waals surface area contributed by atoms with Crippen LogP contribution in [0.15, 0.2) is 97.2 Å². The zero-order valence-electron chi connectivity index (χ0n) is 14.5. The highest BCUT2D eigenvalue weighted by Gasteiger charge is 2.04. The van der Waals surface area contributed by atoms with Gasteiger partial charge in [0.05, 0.1) is 5.69 Å². The summed E-state index contributed by atoms with van der Waals surface area (Å²) in [4.78, 5) is 9.26. The van der Waals surface area contributed by atoms with Crippen LogP contribution in [0.2, 0.25) is 0 Å². The lowest BCUT2D eigenvalue weighted by molar-refractivity contribution is 0.881. The van der Waals surface area contributed by atoms with Crippen LogP contribution in [-0.4, -0.2) is 9.97 Å². The van der Waals surface area contributed by atoms with Crippen LogP contribution in [0, 0.1) is 0 Å². The van der Waals surface area contributed by atoms with Crippen LogP contribution in [0.1, 0.15) is 11.4 Å². The van der Waals surface area contributed by atoms with E-state index in [1.54, 1.807) is 0 Å². The van der Waals surface area contributed by atoms with Gasteiger partial charge in [-0.1, -0.05) is 60.7 Å². The molecule has 4 rings (SSSR count). The second kappa shape index (κ2) is 7.75. The molecule has 0 bridgehead atoms. The van der Waals surface area contributed by atoms with Crippen molar-refractivity contribution < 1.29 is 0 Å². The van der Waals surface area contributed by atoms with Crippen LogP contribution in [0.25, 0.3) is 22.4 Å². The van der Waals surface area contributed by atoms with Crippen molar-refractivity contribution >= 4 is 0 Å². The Bertz CT molecular complexity index is 979. The van der Waals surface area contributed by atoms with Crippen molar-refractivity contribution in [2.24, 2.45) is 0 Å². The van der Waals surface area contributed by atoms with Gasteiger partial charge in [-0.3, -0.25) is 9.97 Å². The summed E-state index contributed by atoms with van der Waals surface area (Å²) in [6, 6.07) is 31.3. The lowest BCUT2D eigenvalue weighted by Crippen LogP contribution is -1.97. The Morgan fingerprint density at radius 3 is 2.08 bits per heavy atom. The van der Waals surface area contributed by atoms with E-state index in [2.05, 4.69) is 77.8 Å². The fourth-order valence-electron chi connectivity index (χ4n) is 3.07. The molecule has 0 atom stereocenters. The van der Waals surface area contributed by atoms with Gasteiger partial charge >= 0.3 is 0 Å². The van der Waals surface area contributed by atoms with E-state index in [9.17, 15) is 0 Å². The quantitative estimate of drug-likeness (QED) is 0.474. The number of hydrogen-bond donors (Lipinski definition) is 0. The maximum Gasteiger partial charge on any atom is 0.0705 e. The first kappa shape index (κ1) is 16.2. The van der Waals surface area contributed by atoms with Gasteiger partial charge < -0.3 is 0 Å². The standard InChI is InChI=1S/C24H20N2/c1-2-8-19(9-3-1)20-10-6-11-21(18-20)24-14-7-13-23(26-24)16-15-22-12-4-5-17-25-22/h1-14,17-18H,15-16H2. The third-order valence-corrected chi connectivity index (χ3v) is 4.44. The number of hydrogen-bond acceptors (Lipinski definition) is 2. The Morgan fingerprint density at radius 1 is 0.538 bits per heavy atom. The molecule has 0 spiro atoms. The monoisotopic (exact) mass is 336 g/mol. The Labute approximate surface area is 154 Å². The molecule has 0 aliphatic heterocycles. The summed E-state index contributed by atoms with van der Waals surface area (Å²) in [7, 11) is 0. The Morgan fingerprint density at radius 2 is 1.23 bits per heavy atom. The van der Waals surface area contributed by atoms with Crippen molar-refractivity contribution in [2.75, 3.05) is 0 Å². The van der Waals surface area contributed by atoms with Gasteiger partial charge in [-0.15, -0.1) is 0 Å². The molecule has 0 saturated carbocycles. The SMILES string of the molecule is c1ccc(-c2cccc(-c3cccc(CCc4ccccn4)n3)c2)cc1. The molecule has 126 valence electrons. The van der Waals surface area contributed by atoms with E-state index in [1.165, 1.54) is 11.1 Å². The van der Waals surface area contributed by atoms with Gasteiger partial charge in [-0.05, 0) is 54.3 Å². The van der Waals surface area contributed by atoms with Crippen LogP contribution in [-0.2, 0) is 12.8 Å². The van der Waals surface area contributed by atoms with E-state index in [4.69, 9.17) is 4.98 Å². The van der Waals surface area contributed by atoms with E-state index in [1.807, 2.05) is 24.4 Å². The van der Waals surface area contributed by atoms with Gasteiger partial charge in [0.15, 0.2) is 0 Å². The number of nitrogens with zero attached hydrogens (tertiary/aromatic N) is 2. The van der Waals surface area contributed by atoms with Crippen LogP contribution < -0.4 is 0 Å². The molecule has 4 aromatic rings. The van der Waals surface area contributed by atoms with Crippen molar-refractivity contribution in [1.29, 1.82) is 0 Å². The second-order valence-electron chi connectivity index (χ2n) is 6.28. The smallest absolute Gasteiger partial charge is 0.0705 e. The zero-order chi connectivity index (χ0) is 17.6. The number of pyridine rings is 2. The highest BCUT2D eigenvalue weighted by molar-refractivity contribution is 5.71. The summed E-state index contributed by atoms with van der Waals surface area (Å²) in [6.07, 6.45) is 3.64. The average molecular weight is 336 g/mol. The summed E-state index contributed by atoms with van der Waals surface area (Å²) < 4.78 is 0. The molecule has 2 nitrogen and oxygen atoms in total. The predicted octanol–water partition coefficient (Wildman–Crippen LogP) is 5.60. The topological polar surface area (TPSA) is 25.8 Å². The normalized spacial score (nSPS) is 10.6. The molecule has 2 aromatic heterocycles. The van der Waals surface area contributed by atoms with Crippen molar-refractivity contribution in [3.05, 3.63) is 109 Å². The van der Waals surface area contributed by atoms with Gasteiger partial charge in [0.2, 0.25) is 0 Å². The first-order valence-corrected chi connectivity index (χ1v) is 8.90. The van der Waals surface area contributed by atoms with Crippen LogP contribution in [0.4, 0.5) is 0 Å². The van der Waals surface area contributed by atoms with Crippen LogP contribution >= 0.6 is 0 Å².